The Bertz CT molecular complexity index is 524. The number of nitro groups is 1. The lowest BCUT2D eigenvalue weighted by Crippen LogP contribution is -2.44. The Balaban J connectivity index is 3.32. The number of rotatable bonds is 6. The first-order chi connectivity index (χ1) is 9.83. The maximum atomic E-state index is 12.8. The second kappa shape index (κ2) is 7.41. The summed E-state index contributed by atoms with van der Waals surface area (Å²) in [6.45, 7) is 7.86. The zero-order valence-corrected chi connectivity index (χ0v) is 13.6. The number of hydrogen-bond acceptors (Lipinski definition) is 3. The molecule has 0 saturated heterocycles. The molecule has 0 fully saturated rings. The molecule has 0 aliphatic rings. The standard InChI is InChI=1S/C15H21ClN2O3/c1-5-10(3)17(11(4)6-2)15(19)13-9-12(16)7-8-14(13)18(20)21/h7-11H,5-6H2,1-4H3. The van der Waals surface area contributed by atoms with Crippen LogP contribution in [0.1, 0.15) is 50.9 Å². The smallest absolute Gasteiger partial charge is 0.282 e. The van der Waals surface area contributed by atoms with Gasteiger partial charge >= 0.3 is 0 Å². The molecule has 1 amide bonds. The molecule has 0 aliphatic carbocycles. The predicted octanol–water partition coefficient (Wildman–Crippen LogP) is 4.29. The van der Waals surface area contributed by atoms with Crippen LogP contribution in [0.4, 0.5) is 5.69 Å². The predicted molar refractivity (Wildman–Crippen MR) is 83.8 cm³/mol. The number of hydrogen-bond donors (Lipinski definition) is 0. The van der Waals surface area contributed by atoms with E-state index < -0.39 is 4.92 Å². The van der Waals surface area contributed by atoms with Gasteiger partial charge in [-0.05, 0) is 38.8 Å². The highest BCUT2D eigenvalue weighted by molar-refractivity contribution is 6.31. The summed E-state index contributed by atoms with van der Waals surface area (Å²) in [4.78, 5) is 25.1. The van der Waals surface area contributed by atoms with Crippen LogP contribution >= 0.6 is 11.6 Å². The summed E-state index contributed by atoms with van der Waals surface area (Å²) in [6.07, 6.45) is 1.56. The van der Waals surface area contributed by atoms with Crippen LogP contribution in [0.15, 0.2) is 18.2 Å². The normalized spacial score (nSPS) is 13.6. The molecule has 0 aliphatic heterocycles. The van der Waals surface area contributed by atoms with E-state index in [-0.39, 0.29) is 29.2 Å². The summed E-state index contributed by atoms with van der Waals surface area (Å²) in [5.41, 5.74) is -0.158. The van der Waals surface area contributed by atoms with E-state index >= 15 is 0 Å². The quantitative estimate of drug-likeness (QED) is 0.581. The third-order valence-corrected chi connectivity index (χ3v) is 3.99. The van der Waals surface area contributed by atoms with Gasteiger partial charge in [0.2, 0.25) is 0 Å². The Hall–Kier alpha value is -1.62. The average molecular weight is 313 g/mol. The van der Waals surface area contributed by atoms with Crippen molar-refractivity contribution in [2.45, 2.75) is 52.6 Å². The molecule has 1 rings (SSSR count). The minimum Gasteiger partial charge on any atom is -0.333 e. The zero-order valence-electron chi connectivity index (χ0n) is 12.8. The van der Waals surface area contributed by atoms with Crippen molar-refractivity contribution in [3.63, 3.8) is 0 Å². The number of nitrogens with zero attached hydrogens (tertiary/aromatic N) is 2. The first kappa shape index (κ1) is 17.4. The van der Waals surface area contributed by atoms with Gasteiger partial charge < -0.3 is 4.90 Å². The van der Waals surface area contributed by atoms with E-state index in [9.17, 15) is 14.9 Å². The van der Waals surface area contributed by atoms with E-state index in [4.69, 9.17) is 11.6 Å². The molecule has 0 aromatic heterocycles. The van der Waals surface area contributed by atoms with E-state index in [1.165, 1.54) is 18.2 Å². The third kappa shape index (κ3) is 3.94. The van der Waals surface area contributed by atoms with Crippen molar-refractivity contribution in [3.05, 3.63) is 38.9 Å². The van der Waals surface area contributed by atoms with Crippen molar-refractivity contribution in [2.24, 2.45) is 0 Å². The Labute approximate surface area is 130 Å². The summed E-state index contributed by atoms with van der Waals surface area (Å²) in [7, 11) is 0. The fourth-order valence-corrected chi connectivity index (χ4v) is 2.38. The van der Waals surface area contributed by atoms with Crippen LogP contribution in [0.3, 0.4) is 0 Å². The molecule has 0 bridgehead atoms. The fourth-order valence-electron chi connectivity index (χ4n) is 2.21. The minimum atomic E-state index is -0.547. The fraction of sp³-hybridized carbons (Fsp3) is 0.533. The molecule has 2 atom stereocenters. The van der Waals surface area contributed by atoms with Gasteiger partial charge in [-0.25, -0.2) is 0 Å². The lowest BCUT2D eigenvalue weighted by atomic mass is 10.1. The van der Waals surface area contributed by atoms with Crippen molar-refractivity contribution < 1.29 is 9.72 Å². The van der Waals surface area contributed by atoms with E-state index in [1.54, 1.807) is 4.90 Å². The Morgan fingerprint density at radius 2 is 1.81 bits per heavy atom. The monoisotopic (exact) mass is 312 g/mol. The molecule has 0 N–H and O–H groups in total. The molecule has 21 heavy (non-hydrogen) atoms. The van der Waals surface area contributed by atoms with Gasteiger partial charge in [-0.15, -0.1) is 0 Å². The number of carbonyl (C=O) groups is 1. The van der Waals surface area contributed by atoms with Crippen LogP contribution in [-0.4, -0.2) is 27.8 Å². The summed E-state index contributed by atoms with van der Waals surface area (Å²) in [5.74, 6) is -0.340. The van der Waals surface area contributed by atoms with Crippen LogP contribution in [0, 0.1) is 10.1 Å². The highest BCUT2D eigenvalue weighted by Crippen LogP contribution is 2.26. The maximum absolute atomic E-state index is 12.8. The van der Waals surface area contributed by atoms with Crippen molar-refractivity contribution in [2.75, 3.05) is 0 Å². The molecule has 1 aromatic carbocycles. The molecule has 116 valence electrons. The molecule has 5 nitrogen and oxygen atoms in total. The van der Waals surface area contributed by atoms with Crippen LogP contribution < -0.4 is 0 Å². The first-order valence-electron chi connectivity index (χ1n) is 7.10. The zero-order chi connectivity index (χ0) is 16.2. The van der Waals surface area contributed by atoms with Crippen molar-refractivity contribution in [1.82, 2.24) is 4.90 Å². The largest absolute Gasteiger partial charge is 0.333 e. The maximum Gasteiger partial charge on any atom is 0.282 e. The summed E-state index contributed by atoms with van der Waals surface area (Å²) < 4.78 is 0. The summed E-state index contributed by atoms with van der Waals surface area (Å²) in [6, 6.07) is 4.09. The van der Waals surface area contributed by atoms with Gasteiger partial charge in [-0.3, -0.25) is 14.9 Å². The topological polar surface area (TPSA) is 63.5 Å². The Morgan fingerprint density at radius 3 is 2.24 bits per heavy atom. The number of halogens is 1. The Morgan fingerprint density at radius 1 is 1.29 bits per heavy atom. The Kier molecular flexibility index (Phi) is 6.15. The van der Waals surface area contributed by atoms with E-state index in [1.807, 2.05) is 27.7 Å². The first-order valence-corrected chi connectivity index (χ1v) is 7.47. The minimum absolute atomic E-state index is 0.00559. The van der Waals surface area contributed by atoms with E-state index in [0.29, 0.717) is 5.02 Å². The van der Waals surface area contributed by atoms with Crippen molar-refractivity contribution >= 4 is 23.2 Å². The molecule has 0 radical (unpaired) electrons. The van der Waals surface area contributed by atoms with Crippen LogP contribution in [0.5, 0.6) is 0 Å². The van der Waals surface area contributed by atoms with E-state index in [0.717, 1.165) is 12.8 Å². The number of amides is 1. The molecular weight excluding hydrogens is 292 g/mol. The number of carbonyl (C=O) groups excluding carboxylic acids is 1. The van der Waals surface area contributed by atoms with Gasteiger partial charge in [-0.1, -0.05) is 25.4 Å². The molecular formula is C15H21ClN2O3. The van der Waals surface area contributed by atoms with Gasteiger partial charge in [0.15, 0.2) is 0 Å². The van der Waals surface area contributed by atoms with Crippen molar-refractivity contribution in [3.8, 4) is 0 Å². The van der Waals surface area contributed by atoms with E-state index in [2.05, 4.69) is 0 Å². The van der Waals surface area contributed by atoms with Crippen LogP contribution in [0.25, 0.3) is 0 Å². The summed E-state index contributed by atoms with van der Waals surface area (Å²) >= 11 is 5.90. The molecule has 0 saturated carbocycles. The second-order valence-electron chi connectivity index (χ2n) is 5.15. The number of nitro benzene ring substituents is 1. The van der Waals surface area contributed by atoms with Gasteiger partial charge in [0.1, 0.15) is 5.56 Å². The number of benzene rings is 1. The molecule has 6 heteroatoms. The van der Waals surface area contributed by atoms with Gasteiger partial charge in [0.05, 0.1) is 4.92 Å². The van der Waals surface area contributed by atoms with Gasteiger partial charge in [-0.2, -0.15) is 0 Å². The highest BCUT2D eigenvalue weighted by Gasteiger charge is 2.29. The lowest BCUT2D eigenvalue weighted by molar-refractivity contribution is -0.385. The molecule has 1 aromatic rings. The average Bonchev–Trinajstić information content (AvgIpc) is 2.46. The lowest BCUT2D eigenvalue weighted by Gasteiger charge is -2.34. The van der Waals surface area contributed by atoms with Gasteiger partial charge in [0, 0.05) is 23.2 Å². The third-order valence-electron chi connectivity index (χ3n) is 3.75. The van der Waals surface area contributed by atoms with Gasteiger partial charge in [0.25, 0.3) is 11.6 Å². The molecule has 2 unspecified atom stereocenters. The second-order valence-corrected chi connectivity index (χ2v) is 5.58. The SMILES string of the molecule is CCC(C)N(C(=O)c1cc(Cl)ccc1[N+](=O)[O-])C(C)CC. The highest BCUT2D eigenvalue weighted by atomic mass is 35.5. The summed E-state index contributed by atoms with van der Waals surface area (Å²) in [5, 5.41) is 11.4. The van der Waals surface area contributed by atoms with Crippen LogP contribution in [-0.2, 0) is 0 Å². The van der Waals surface area contributed by atoms with Crippen molar-refractivity contribution in [1.29, 1.82) is 0 Å². The van der Waals surface area contributed by atoms with Crippen LogP contribution in [0.2, 0.25) is 5.02 Å². The molecule has 0 heterocycles. The molecule has 0 spiro atoms.